The first-order valence-corrected chi connectivity index (χ1v) is 25.0. The number of hydrogen-bond acceptors (Lipinski definition) is 3. The minimum absolute atomic E-state index is 0.0112. The van der Waals surface area contributed by atoms with Gasteiger partial charge in [0.05, 0.1) is 0 Å². The highest BCUT2D eigenvalue weighted by molar-refractivity contribution is 6.94. The van der Waals surface area contributed by atoms with Crippen molar-refractivity contribution in [1.82, 2.24) is 0 Å². The first kappa shape index (κ1) is 41.4. The molecule has 0 unspecified atom stereocenters. The fraction of sp³-hybridized carbons (Fsp3) is 0.250. The topological polar surface area (TPSA) is 19.6 Å². The summed E-state index contributed by atoms with van der Waals surface area (Å²) in [5.41, 5.74) is 23.8. The van der Waals surface area contributed by atoms with Gasteiger partial charge in [0.15, 0.2) is 0 Å². The molecule has 4 aliphatic rings. The van der Waals surface area contributed by atoms with Crippen molar-refractivity contribution in [2.75, 3.05) is 9.71 Å². The van der Waals surface area contributed by atoms with Crippen molar-refractivity contribution in [1.29, 1.82) is 0 Å². The maximum absolute atomic E-state index is 7.20. The van der Waals surface area contributed by atoms with Crippen molar-refractivity contribution in [3.05, 3.63) is 186 Å². The molecule has 3 nitrogen and oxygen atoms in total. The molecule has 334 valence electrons. The van der Waals surface area contributed by atoms with Gasteiger partial charge in [-0.2, -0.15) is 0 Å². The fourth-order valence-electron chi connectivity index (χ4n) is 12.8. The summed E-state index contributed by atoms with van der Waals surface area (Å²) in [7, 11) is 0. The van der Waals surface area contributed by atoms with Crippen LogP contribution in [0.1, 0.15) is 103 Å². The molecule has 0 saturated carbocycles. The minimum Gasteiger partial charge on any atom is -0.455 e. The molecule has 2 aliphatic heterocycles. The van der Waals surface area contributed by atoms with E-state index in [1.54, 1.807) is 0 Å². The smallest absolute Gasteiger partial charge is 0.333 e. The maximum Gasteiger partial charge on any atom is 0.333 e. The van der Waals surface area contributed by atoms with Gasteiger partial charge in [-0.25, -0.2) is 0 Å². The molecule has 9 aromatic rings. The summed E-state index contributed by atoms with van der Waals surface area (Å²) in [6, 6.07) is 62.0. The molecule has 0 bridgehead atoms. The van der Waals surface area contributed by atoms with E-state index in [1.807, 2.05) is 0 Å². The van der Waals surface area contributed by atoms with Crippen molar-refractivity contribution in [3.8, 4) is 33.4 Å². The molecule has 0 spiro atoms. The van der Waals surface area contributed by atoms with Gasteiger partial charge in [-0.3, -0.25) is 0 Å². The number of hydrogen-bond donors (Lipinski definition) is 0. The van der Waals surface area contributed by atoms with Crippen LogP contribution in [-0.2, 0) is 21.7 Å². The predicted molar refractivity (Wildman–Crippen MR) is 289 cm³/mol. The second-order valence-corrected chi connectivity index (χ2v) is 23.0. The highest BCUT2D eigenvalue weighted by Crippen LogP contribution is 2.55. The SMILES string of the molecule is CC1(C)CCC(C)(C)c2cc(N3c4cc5c(cc4B4c6c3cc3c(oc7ccccc73)c6-c3cc(-c6ccccc6)ccc3N4c3ccc(-c4ccccc4)cc3)C(C)(C)CCC5(C)C)ccc21. The Morgan fingerprint density at radius 2 is 0.971 bits per heavy atom. The van der Waals surface area contributed by atoms with E-state index < -0.39 is 0 Å². The van der Waals surface area contributed by atoms with Crippen LogP contribution in [0, 0.1) is 0 Å². The molecule has 0 fully saturated rings. The van der Waals surface area contributed by atoms with Crippen LogP contribution in [-0.4, -0.2) is 6.85 Å². The van der Waals surface area contributed by atoms with Gasteiger partial charge < -0.3 is 14.1 Å². The Balaban J connectivity index is 1.18. The molecule has 0 radical (unpaired) electrons. The van der Waals surface area contributed by atoms with Crippen molar-refractivity contribution in [2.24, 2.45) is 0 Å². The zero-order chi connectivity index (χ0) is 46.5. The molecule has 8 aromatic carbocycles. The first-order valence-electron chi connectivity index (χ1n) is 25.0. The molecule has 0 saturated heterocycles. The quantitative estimate of drug-likeness (QED) is 0.164. The lowest BCUT2D eigenvalue weighted by Crippen LogP contribution is -2.62. The summed E-state index contributed by atoms with van der Waals surface area (Å²) in [5, 5.41) is 2.29. The predicted octanol–water partition coefficient (Wildman–Crippen LogP) is 16.3. The second kappa shape index (κ2) is 14.4. The molecule has 0 atom stereocenters. The van der Waals surface area contributed by atoms with Crippen LogP contribution in [0.2, 0.25) is 0 Å². The number of fused-ring (bicyclic) bond motifs is 10. The van der Waals surface area contributed by atoms with Crippen molar-refractivity contribution in [2.45, 2.75) is 103 Å². The number of benzene rings is 8. The Morgan fingerprint density at radius 3 is 1.65 bits per heavy atom. The van der Waals surface area contributed by atoms with Gasteiger partial charge in [-0.1, -0.05) is 165 Å². The zero-order valence-electron chi connectivity index (χ0n) is 40.8. The number of furan rings is 1. The average molecular weight is 883 g/mol. The van der Waals surface area contributed by atoms with E-state index in [1.165, 1.54) is 101 Å². The number of para-hydroxylation sites is 1. The molecular weight excluding hydrogens is 824 g/mol. The van der Waals surface area contributed by atoms with Gasteiger partial charge in [-0.15, -0.1) is 0 Å². The second-order valence-electron chi connectivity index (χ2n) is 23.0. The summed E-state index contributed by atoms with van der Waals surface area (Å²) in [6.07, 6.45) is 4.64. The Hall–Kier alpha value is -6.78. The molecule has 68 heavy (non-hydrogen) atoms. The van der Waals surface area contributed by atoms with Crippen LogP contribution in [0.4, 0.5) is 28.4 Å². The van der Waals surface area contributed by atoms with Gasteiger partial charge in [0.25, 0.3) is 0 Å². The molecule has 13 rings (SSSR count). The Kier molecular flexibility index (Phi) is 8.75. The molecule has 1 aromatic heterocycles. The van der Waals surface area contributed by atoms with Crippen LogP contribution < -0.4 is 20.6 Å². The summed E-state index contributed by atoms with van der Waals surface area (Å²) < 4.78 is 7.20. The van der Waals surface area contributed by atoms with E-state index in [0.717, 1.165) is 41.2 Å². The third kappa shape index (κ3) is 6.05. The average Bonchev–Trinajstić information content (AvgIpc) is 3.73. The minimum atomic E-state index is -0.152. The fourth-order valence-corrected chi connectivity index (χ4v) is 12.8. The van der Waals surface area contributed by atoms with E-state index in [0.29, 0.717) is 0 Å². The van der Waals surface area contributed by atoms with Crippen LogP contribution in [0.5, 0.6) is 0 Å². The third-order valence-corrected chi connectivity index (χ3v) is 17.0. The highest BCUT2D eigenvalue weighted by atomic mass is 16.3. The van der Waals surface area contributed by atoms with Crippen molar-refractivity contribution in [3.63, 3.8) is 0 Å². The van der Waals surface area contributed by atoms with E-state index in [9.17, 15) is 0 Å². The van der Waals surface area contributed by atoms with Crippen LogP contribution in [0.15, 0.2) is 168 Å². The lowest BCUT2D eigenvalue weighted by molar-refractivity contribution is 0.332. The maximum atomic E-state index is 7.20. The normalized spacial score (nSPS) is 17.9. The summed E-state index contributed by atoms with van der Waals surface area (Å²) in [6.45, 7) is 19.5. The largest absolute Gasteiger partial charge is 0.455 e. The Bertz CT molecular complexity index is 3520. The summed E-state index contributed by atoms with van der Waals surface area (Å²) >= 11 is 0. The Labute approximate surface area is 402 Å². The summed E-state index contributed by atoms with van der Waals surface area (Å²) in [4.78, 5) is 5.34. The standard InChI is InChI=1S/C64H59BN2O/c1-61(2)31-32-62(3,4)50-36-45(28-29-49(50)61)66-55-39-52-51(63(5,6)33-34-64(52,7)8)38-53(55)65-59-56(66)37-47-46-21-15-16-22-57(46)68-60(47)58(59)48-35-43(41-19-13-10-14-20-41)25-30-54(48)67(65)44-26-23-42(24-27-44)40-17-11-9-12-18-40/h9-30,35-39H,31-34H2,1-8H3. The van der Waals surface area contributed by atoms with Gasteiger partial charge in [-0.05, 0) is 157 Å². The lowest BCUT2D eigenvalue weighted by atomic mass is 9.42. The number of nitrogens with zero attached hydrogens (tertiary/aromatic N) is 2. The molecule has 3 heterocycles. The van der Waals surface area contributed by atoms with E-state index in [-0.39, 0.29) is 28.5 Å². The molecule has 2 aliphatic carbocycles. The molecule has 4 heteroatoms. The Morgan fingerprint density at radius 1 is 0.426 bits per heavy atom. The van der Waals surface area contributed by atoms with Gasteiger partial charge in [0.1, 0.15) is 11.2 Å². The highest BCUT2D eigenvalue weighted by Gasteiger charge is 2.49. The van der Waals surface area contributed by atoms with E-state index in [4.69, 9.17) is 4.42 Å². The van der Waals surface area contributed by atoms with Crippen LogP contribution in [0.25, 0.3) is 55.3 Å². The molecule has 0 N–H and O–H groups in total. The van der Waals surface area contributed by atoms with E-state index >= 15 is 0 Å². The zero-order valence-corrected chi connectivity index (χ0v) is 40.8. The number of anilines is 5. The van der Waals surface area contributed by atoms with E-state index in [2.05, 4.69) is 229 Å². The van der Waals surface area contributed by atoms with Crippen LogP contribution >= 0.6 is 0 Å². The third-order valence-electron chi connectivity index (χ3n) is 17.0. The van der Waals surface area contributed by atoms with Crippen molar-refractivity contribution >= 4 is 68.1 Å². The lowest BCUT2D eigenvalue weighted by Gasteiger charge is -2.49. The molecule has 0 amide bonds. The van der Waals surface area contributed by atoms with Gasteiger partial charge >= 0.3 is 6.85 Å². The first-order chi connectivity index (χ1) is 32.7. The van der Waals surface area contributed by atoms with Crippen molar-refractivity contribution < 1.29 is 4.42 Å². The molecular formula is C64H59BN2O. The van der Waals surface area contributed by atoms with Gasteiger partial charge in [0.2, 0.25) is 0 Å². The van der Waals surface area contributed by atoms with Crippen LogP contribution in [0.3, 0.4) is 0 Å². The van der Waals surface area contributed by atoms with Gasteiger partial charge in [0, 0.05) is 50.3 Å². The number of rotatable bonds is 4. The summed E-state index contributed by atoms with van der Waals surface area (Å²) in [5.74, 6) is 0. The monoisotopic (exact) mass is 882 g/mol.